The summed E-state index contributed by atoms with van der Waals surface area (Å²) < 4.78 is 5.50. The largest absolute Gasteiger partial charge is 0.466 e. The number of unbranched alkanes of at least 4 members (excludes halogenated alkanes) is 60. The van der Waals surface area contributed by atoms with Crippen LogP contribution in [0.3, 0.4) is 0 Å². The van der Waals surface area contributed by atoms with Crippen molar-refractivity contribution in [2.75, 3.05) is 13.2 Å². The van der Waals surface area contributed by atoms with Gasteiger partial charge in [-0.1, -0.05) is 392 Å². The van der Waals surface area contributed by atoms with E-state index in [0.717, 1.165) is 44.9 Å². The summed E-state index contributed by atoms with van der Waals surface area (Å²) in [6.45, 7) is 5.00. The molecule has 6 heteroatoms. The van der Waals surface area contributed by atoms with E-state index in [2.05, 4.69) is 31.3 Å². The molecule has 0 radical (unpaired) electrons. The Hall–Kier alpha value is -1.40. The maximum atomic E-state index is 12.6. The van der Waals surface area contributed by atoms with E-state index in [1.165, 1.54) is 366 Å². The van der Waals surface area contributed by atoms with E-state index in [0.29, 0.717) is 25.9 Å². The van der Waals surface area contributed by atoms with E-state index in [1.807, 2.05) is 0 Å². The van der Waals surface area contributed by atoms with Gasteiger partial charge in [0.15, 0.2) is 0 Å². The molecule has 0 aromatic carbocycles. The maximum Gasteiger partial charge on any atom is 0.305 e. The smallest absolute Gasteiger partial charge is 0.305 e. The van der Waals surface area contributed by atoms with Crippen molar-refractivity contribution in [1.29, 1.82) is 0 Å². The third kappa shape index (κ3) is 69.6. The van der Waals surface area contributed by atoms with Crippen LogP contribution in [0, 0.1) is 0 Å². The fraction of sp³-hybridized carbons (Fsp3) is 0.948. The van der Waals surface area contributed by atoms with Gasteiger partial charge in [-0.05, 0) is 51.4 Å². The van der Waals surface area contributed by atoms with Crippen LogP contribution in [0.25, 0.3) is 0 Å². The number of carbonyl (C=O) groups excluding carboxylic acids is 2. The van der Waals surface area contributed by atoms with Crippen LogP contribution in [0.2, 0.25) is 0 Å². The Balaban J connectivity index is 3.33. The summed E-state index contributed by atoms with van der Waals surface area (Å²) in [4.78, 5) is 24.7. The predicted molar refractivity (Wildman–Crippen MR) is 366 cm³/mol. The first-order valence-electron chi connectivity index (χ1n) is 38.4. The van der Waals surface area contributed by atoms with Gasteiger partial charge >= 0.3 is 5.97 Å². The van der Waals surface area contributed by atoms with Crippen LogP contribution in [0.5, 0.6) is 0 Å². The summed E-state index contributed by atoms with van der Waals surface area (Å²) in [5.74, 6) is -0.0126. The summed E-state index contributed by atoms with van der Waals surface area (Å²) >= 11 is 0. The third-order valence-corrected chi connectivity index (χ3v) is 18.3. The predicted octanol–water partition coefficient (Wildman–Crippen LogP) is 25.1. The molecule has 2 unspecified atom stereocenters. The van der Waals surface area contributed by atoms with Crippen molar-refractivity contribution < 1.29 is 24.5 Å². The number of esters is 1. The topological polar surface area (TPSA) is 95.9 Å². The summed E-state index contributed by atoms with van der Waals surface area (Å²) in [6.07, 6.45) is 91.4. The molecule has 494 valence electrons. The molecule has 0 spiro atoms. The first-order chi connectivity index (χ1) is 41.0. The van der Waals surface area contributed by atoms with E-state index in [9.17, 15) is 19.8 Å². The number of amides is 1. The average Bonchev–Trinajstić information content (AvgIpc) is 3.48. The van der Waals surface area contributed by atoms with Gasteiger partial charge in [0.1, 0.15) is 0 Å². The minimum Gasteiger partial charge on any atom is -0.466 e. The van der Waals surface area contributed by atoms with Gasteiger partial charge in [-0.25, -0.2) is 0 Å². The number of hydrogen-bond donors (Lipinski definition) is 3. The highest BCUT2D eigenvalue weighted by Crippen LogP contribution is 2.20. The lowest BCUT2D eigenvalue weighted by Crippen LogP contribution is -2.45. The quantitative estimate of drug-likeness (QED) is 0.0320. The summed E-state index contributed by atoms with van der Waals surface area (Å²) in [5.41, 5.74) is 0. The van der Waals surface area contributed by atoms with Gasteiger partial charge < -0.3 is 20.3 Å². The second kappa shape index (κ2) is 73.1. The van der Waals surface area contributed by atoms with Crippen molar-refractivity contribution in [2.24, 2.45) is 0 Å². The second-order valence-corrected chi connectivity index (χ2v) is 26.7. The number of carbonyl (C=O) groups is 2. The van der Waals surface area contributed by atoms with E-state index in [1.54, 1.807) is 0 Å². The second-order valence-electron chi connectivity index (χ2n) is 26.7. The highest BCUT2D eigenvalue weighted by atomic mass is 16.5. The highest BCUT2D eigenvalue weighted by molar-refractivity contribution is 5.76. The summed E-state index contributed by atoms with van der Waals surface area (Å²) in [7, 11) is 0. The molecule has 0 heterocycles. The zero-order valence-corrected chi connectivity index (χ0v) is 56.7. The summed E-state index contributed by atoms with van der Waals surface area (Å²) in [6, 6.07) is -0.539. The molecule has 0 aliphatic heterocycles. The van der Waals surface area contributed by atoms with Crippen molar-refractivity contribution in [3.8, 4) is 0 Å². The normalized spacial score (nSPS) is 12.5. The molecule has 0 saturated carbocycles. The van der Waals surface area contributed by atoms with Crippen molar-refractivity contribution in [2.45, 2.75) is 456 Å². The van der Waals surface area contributed by atoms with Crippen LogP contribution in [0.4, 0.5) is 0 Å². The molecule has 0 aromatic rings. The van der Waals surface area contributed by atoms with Gasteiger partial charge in [-0.15, -0.1) is 0 Å². The fourth-order valence-corrected chi connectivity index (χ4v) is 12.5. The Bertz CT molecular complexity index is 1260. The van der Waals surface area contributed by atoms with Gasteiger partial charge in [0.05, 0.1) is 25.4 Å². The lowest BCUT2D eigenvalue weighted by molar-refractivity contribution is -0.143. The number of rotatable bonds is 73. The number of allylic oxidation sites excluding steroid dienone is 2. The Morgan fingerprint density at radius 3 is 0.855 bits per heavy atom. The lowest BCUT2D eigenvalue weighted by atomic mass is 10.0. The van der Waals surface area contributed by atoms with E-state index < -0.39 is 12.1 Å². The number of nitrogens with one attached hydrogen (secondary N) is 1. The van der Waals surface area contributed by atoms with Crippen LogP contribution in [0.1, 0.15) is 444 Å². The molecule has 0 bridgehead atoms. The maximum absolute atomic E-state index is 12.6. The van der Waals surface area contributed by atoms with Crippen molar-refractivity contribution in [3.63, 3.8) is 0 Å². The molecule has 0 aromatic heterocycles. The van der Waals surface area contributed by atoms with Crippen molar-refractivity contribution in [3.05, 3.63) is 12.2 Å². The molecule has 0 aliphatic carbocycles. The van der Waals surface area contributed by atoms with Gasteiger partial charge in [0.2, 0.25) is 5.91 Å². The number of aliphatic hydroxyl groups excluding tert-OH is 2. The van der Waals surface area contributed by atoms with Gasteiger partial charge in [-0.2, -0.15) is 0 Å². The summed E-state index contributed by atoms with van der Waals surface area (Å²) in [5, 5.41) is 23.4. The molecular formula is C77H151NO5. The minimum absolute atomic E-state index is 0.0134. The van der Waals surface area contributed by atoms with Gasteiger partial charge in [0, 0.05) is 12.8 Å². The zero-order valence-electron chi connectivity index (χ0n) is 56.7. The SMILES string of the molecule is CCCCCCCCC/C=C\CCCCCCCC(=O)OCCCCCCCCCCCCCCCCCCCCCCCCCCCCCCCC(=O)NC(CO)C(O)CCCCCCCCCCCCCCCCCCCCCCC. The van der Waals surface area contributed by atoms with E-state index in [-0.39, 0.29) is 18.5 Å². The molecule has 0 saturated heterocycles. The van der Waals surface area contributed by atoms with Gasteiger partial charge in [0.25, 0.3) is 0 Å². The molecule has 3 N–H and O–H groups in total. The molecule has 2 atom stereocenters. The molecule has 83 heavy (non-hydrogen) atoms. The molecule has 0 aliphatic rings. The van der Waals surface area contributed by atoms with E-state index >= 15 is 0 Å². The molecule has 6 nitrogen and oxygen atoms in total. The fourth-order valence-electron chi connectivity index (χ4n) is 12.5. The van der Waals surface area contributed by atoms with Crippen LogP contribution in [-0.4, -0.2) is 47.4 Å². The number of aliphatic hydroxyl groups is 2. The number of hydrogen-bond acceptors (Lipinski definition) is 5. The zero-order chi connectivity index (χ0) is 59.9. The first-order valence-corrected chi connectivity index (χ1v) is 38.4. The van der Waals surface area contributed by atoms with Crippen LogP contribution >= 0.6 is 0 Å². The Kier molecular flexibility index (Phi) is 71.8. The van der Waals surface area contributed by atoms with Crippen LogP contribution in [0.15, 0.2) is 12.2 Å². The first kappa shape index (κ1) is 81.6. The Morgan fingerprint density at radius 1 is 0.325 bits per heavy atom. The molecule has 0 rings (SSSR count). The van der Waals surface area contributed by atoms with Gasteiger partial charge in [-0.3, -0.25) is 9.59 Å². The third-order valence-electron chi connectivity index (χ3n) is 18.3. The molecule has 0 fully saturated rings. The monoisotopic (exact) mass is 1170 g/mol. The standard InChI is InChI=1S/C77H151NO5/c1-3-5-7-9-11-13-15-17-19-21-22-32-35-38-41-45-49-53-57-61-65-69-75(80)74(73-79)78-76(81)70-66-62-58-54-50-46-42-39-36-33-30-28-26-24-23-25-27-29-31-34-37-40-44-48-52-56-60-64-68-72-83-77(82)71-67-63-59-55-51-47-43-20-18-16-14-12-10-8-6-4-2/h20,43,74-75,79-80H,3-19,21-42,44-73H2,1-2H3,(H,78,81)/b43-20-. The minimum atomic E-state index is -0.662. The van der Waals surface area contributed by atoms with Crippen LogP contribution < -0.4 is 5.32 Å². The lowest BCUT2D eigenvalue weighted by Gasteiger charge is -2.22. The average molecular weight is 1170 g/mol. The van der Waals surface area contributed by atoms with Crippen molar-refractivity contribution >= 4 is 11.9 Å². The molecule has 1 amide bonds. The number of ether oxygens (including phenoxy) is 1. The van der Waals surface area contributed by atoms with Crippen molar-refractivity contribution in [1.82, 2.24) is 5.32 Å². The highest BCUT2D eigenvalue weighted by Gasteiger charge is 2.20. The van der Waals surface area contributed by atoms with E-state index in [4.69, 9.17) is 4.74 Å². The Labute approximate surface area is 520 Å². The Morgan fingerprint density at radius 2 is 0.566 bits per heavy atom. The van der Waals surface area contributed by atoms with Crippen LogP contribution in [-0.2, 0) is 14.3 Å². The molecular weight excluding hydrogens is 1020 g/mol.